The number of ether oxygens (including phenoxy) is 1. The number of phenols is 1. The highest BCUT2D eigenvalue weighted by Crippen LogP contribution is 2.19. The molecule has 0 bridgehead atoms. The number of benzene rings is 2. The summed E-state index contributed by atoms with van der Waals surface area (Å²) in [5.74, 6) is -0.267. The molecule has 19 heavy (non-hydrogen) atoms. The second-order valence-electron chi connectivity index (χ2n) is 4.51. The van der Waals surface area contributed by atoms with E-state index < -0.39 is 5.97 Å². The molecule has 3 heteroatoms. The maximum Gasteiger partial charge on any atom is 0.338 e. The van der Waals surface area contributed by atoms with E-state index in [0.29, 0.717) is 5.56 Å². The van der Waals surface area contributed by atoms with Crippen LogP contribution in [0.1, 0.15) is 34.5 Å². The molecule has 1 N–H and O–H groups in total. The Bertz CT molecular complexity index is 556. The average molecular weight is 256 g/mol. The molecule has 0 fully saturated rings. The van der Waals surface area contributed by atoms with E-state index in [4.69, 9.17) is 4.74 Å². The molecule has 0 heterocycles. The predicted octanol–water partition coefficient (Wildman–Crippen LogP) is 3.62. The smallest absolute Gasteiger partial charge is 0.338 e. The fraction of sp³-hybridized carbons (Fsp3) is 0.188. The summed E-state index contributed by atoms with van der Waals surface area (Å²) in [6, 6.07) is 13.9. The fourth-order valence-electron chi connectivity index (χ4n) is 1.73. The first-order valence-corrected chi connectivity index (χ1v) is 6.13. The van der Waals surface area contributed by atoms with Crippen molar-refractivity contribution < 1.29 is 14.6 Å². The third-order valence-electron chi connectivity index (χ3n) is 2.93. The van der Waals surface area contributed by atoms with Gasteiger partial charge in [0.2, 0.25) is 0 Å². The first-order valence-electron chi connectivity index (χ1n) is 6.13. The van der Waals surface area contributed by atoms with Gasteiger partial charge in [-0.1, -0.05) is 29.8 Å². The Morgan fingerprint density at radius 2 is 1.63 bits per heavy atom. The van der Waals surface area contributed by atoms with Crippen LogP contribution in [0.5, 0.6) is 5.75 Å². The third kappa shape index (κ3) is 3.35. The molecule has 0 aromatic heterocycles. The van der Waals surface area contributed by atoms with Crippen LogP contribution in [-0.2, 0) is 4.74 Å². The third-order valence-corrected chi connectivity index (χ3v) is 2.93. The fourth-order valence-corrected chi connectivity index (χ4v) is 1.73. The summed E-state index contributed by atoms with van der Waals surface area (Å²) in [5, 5.41) is 9.17. The van der Waals surface area contributed by atoms with Gasteiger partial charge in [0.25, 0.3) is 0 Å². The van der Waals surface area contributed by atoms with Crippen LogP contribution in [0.25, 0.3) is 0 Å². The Hall–Kier alpha value is -2.29. The molecule has 2 rings (SSSR count). The lowest BCUT2D eigenvalue weighted by Gasteiger charge is -2.13. The second-order valence-corrected chi connectivity index (χ2v) is 4.51. The van der Waals surface area contributed by atoms with E-state index in [0.717, 1.165) is 5.56 Å². The van der Waals surface area contributed by atoms with Crippen molar-refractivity contribution in [2.75, 3.05) is 0 Å². The summed E-state index contributed by atoms with van der Waals surface area (Å²) in [7, 11) is 0. The standard InChI is InChI=1S/C16H16O3/c1-11-3-5-13(6-4-11)12(2)19-16(18)14-7-9-15(17)10-8-14/h3-10,12,17H,1-2H3. The first-order chi connectivity index (χ1) is 9.06. The summed E-state index contributed by atoms with van der Waals surface area (Å²) in [6.07, 6.45) is -0.304. The molecule has 0 aliphatic carbocycles. The largest absolute Gasteiger partial charge is 0.508 e. The molecule has 0 amide bonds. The van der Waals surface area contributed by atoms with Gasteiger partial charge in [-0.3, -0.25) is 0 Å². The van der Waals surface area contributed by atoms with Gasteiger partial charge >= 0.3 is 5.97 Å². The molecule has 0 saturated heterocycles. The molecule has 2 aromatic rings. The molecule has 2 aromatic carbocycles. The number of hydrogen-bond acceptors (Lipinski definition) is 3. The van der Waals surface area contributed by atoms with Gasteiger partial charge in [0.15, 0.2) is 0 Å². The van der Waals surface area contributed by atoms with Crippen LogP contribution in [0.2, 0.25) is 0 Å². The van der Waals surface area contributed by atoms with E-state index >= 15 is 0 Å². The number of rotatable bonds is 3. The Kier molecular flexibility index (Phi) is 3.85. The number of aromatic hydroxyl groups is 1. The van der Waals surface area contributed by atoms with Gasteiger partial charge in [-0.15, -0.1) is 0 Å². The Morgan fingerprint density at radius 1 is 1.05 bits per heavy atom. The molecule has 1 atom stereocenters. The molecule has 0 aliphatic heterocycles. The normalized spacial score (nSPS) is 11.9. The van der Waals surface area contributed by atoms with Crippen molar-refractivity contribution in [3.63, 3.8) is 0 Å². The van der Waals surface area contributed by atoms with E-state index in [1.54, 1.807) is 12.1 Å². The van der Waals surface area contributed by atoms with Crippen LogP contribution < -0.4 is 0 Å². The predicted molar refractivity (Wildman–Crippen MR) is 73.1 cm³/mol. The van der Waals surface area contributed by atoms with Crippen LogP contribution >= 0.6 is 0 Å². The van der Waals surface area contributed by atoms with Crippen LogP contribution in [0.3, 0.4) is 0 Å². The van der Waals surface area contributed by atoms with Crippen molar-refractivity contribution in [3.05, 3.63) is 65.2 Å². The van der Waals surface area contributed by atoms with Gasteiger partial charge in [-0.2, -0.15) is 0 Å². The van der Waals surface area contributed by atoms with E-state index in [1.165, 1.54) is 17.7 Å². The number of carbonyl (C=O) groups excluding carboxylic acids is 1. The Labute approximate surface area is 112 Å². The second kappa shape index (κ2) is 5.57. The molecule has 0 radical (unpaired) electrons. The van der Waals surface area contributed by atoms with Gasteiger partial charge in [-0.05, 0) is 43.7 Å². The number of esters is 1. The topological polar surface area (TPSA) is 46.5 Å². The van der Waals surface area contributed by atoms with Crippen molar-refractivity contribution in [1.82, 2.24) is 0 Å². The van der Waals surface area contributed by atoms with E-state index in [9.17, 15) is 9.90 Å². The van der Waals surface area contributed by atoms with E-state index in [2.05, 4.69) is 0 Å². The zero-order chi connectivity index (χ0) is 13.8. The molecule has 0 aliphatic rings. The number of hydrogen-bond donors (Lipinski definition) is 1. The summed E-state index contributed by atoms with van der Waals surface area (Å²) >= 11 is 0. The average Bonchev–Trinajstić information content (AvgIpc) is 2.40. The van der Waals surface area contributed by atoms with Crippen molar-refractivity contribution >= 4 is 5.97 Å². The van der Waals surface area contributed by atoms with Crippen LogP contribution in [0.4, 0.5) is 0 Å². The summed E-state index contributed by atoms with van der Waals surface area (Å²) < 4.78 is 5.38. The minimum Gasteiger partial charge on any atom is -0.508 e. The van der Waals surface area contributed by atoms with Crippen molar-refractivity contribution in [2.45, 2.75) is 20.0 Å². The Balaban J connectivity index is 2.06. The summed E-state index contributed by atoms with van der Waals surface area (Å²) in [4.78, 5) is 11.9. The van der Waals surface area contributed by atoms with Crippen LogP contribution in [0, 0.1) is 6.92 Å². The van der Waals surface area contributed by atoms with Gasteiger partial charge in [0, 0.05) is 0 Å². The maximum atomic E-state index is 11.9. The minimum atomic E-state index is -0.395. The minimum absolute atomic E-state index is 0.128. The van der Waals surface area contributed by atoms with Crippen LogP contribution in [-0.4, -0.2) is 11.1 Å². The molecule has 0 saturated carbocycles. The quantitative estimate of drug-likeness (QED) is 0.853. The highest BCUT2D eigenvalue weighted by Gasteiger charge is 2.13. The van der Waals surface area contributed by atoms with Crippen molar-refractivity contribution in [1.29, 1.82) is 0 Å². The lowest BCUT2D eigenvalue weighted by Crippen LogP contribution is -2.09. The van der Waals surface area contributed by atoms with Gasteiger partial charge < -0.3 is 9.84 Å². The van der Waals surface area contributed by atoms with Gasteiger partial charge in [-0.25, -0.2) is 4.79 Å². The zero-order valence-electron chi connectivity index (χ0n) is 11.0. The van der Waals surface area contributed by atoms with E-state index in [-0.39, 0.29) is 11.9 Å². The molecule has 1 unspecified atom stereocenters. The molecule has 98 valence electrons. The highest BCUT2D eigenvalue weighted by atomic mass is 16.5. The summed E-state index contributed by atoms with van der Waals surface area (Å²) in [5.41, 5.74) is 2.55. The number of phenolic OH excluding ortho intramolecular Hbond substituents is 1. The van der Waals surface area contributed by atoms with Crippen molar-refractivity contribution in [2.24, 2.45) is 0 Å². The van der Waals surface area contributed by atoms with Crippen LogP contribution in [0.15, 0.2) is 48.5 Å². The molecule has 3 nitrogen and oxygen atoms in total. The summed E-state index contributed by atoms with van der Waals surface area (Å²) in [6.45, 7) is 3.85. The lowest BCUT2D eigenvalue weighted by atomic mass is 10.1. The maximum absolute atomic E-state index is 11.9. The lowest BCUT2D eigenvalue weighted by molar-refractivity contribution is 0.0338. The monoisotopic (exact) mass is 256 g/mol. The highest BCUT2D eigenvalue weighted by molar-refractivity contribution is 5.89. The van der Waals surface area contributed by atoms with Gasteiger partial charge in [0.1, 0.15) is 11.9 Å². The molecule has 0 spiro atoms. The molecular formula is C16H16O3. The first kappa shape index (κ1) is 13.1. The SMILES string of the molecule is Cc1ccc(C(C)OC(=O)c2ccc(O)cc2)cc1. The zero-order valence-corrected chi connectivity index (χ0v) is 11.0. The number of carbonyl (C=O) groups is 1. The van der Waals surface area contributed by atoms with Crippen molar-refractivity contribution in [3.8, 4) is 5.75 Å². The molecular weight excluding hydrogens is 240 g/mol. The van der Waals surface area contributed by atoms with Gasteiger partial charge in [0.05, 0.1) is 5.56 Å². The van der Waals surface area contributed by atoms with E-state index in [1.807, 2.05) is 38.1 Å². The number of aryl methyl sites for hydroxylation is 1. The Morgan fingerprint density at radius 3 is 2.21 bits per heavy atom.